The van der Waals surface area contributed by atoms with Crippen molar-refractivity contribution in [2.24, 2.45) is 5.92 Å². The molecule has 0 spiro atoms. The van der Waals surface area contributed by atoms with Gasteiger partial charge in [-0.15, -0.1) is 0 Å². The van der Waals surface area contributed by atoms with E-state index in [9.17, 15) is 4.79 Å². The number of anilines is 1. The van der Waals surface area contributed by atoms with E-state index in [0.717, 1.165) is 43.7 Å². The van der Waals surface area contributed by atoms with E-state index in [-0.39, 0.29) is 11.3 Å². The van der Waals surface area contributed by atoms with Crippen molar-refractivity contribution in [1.82, 2.24) is 10.2 Å². The number of rotatable bonds is 4. The first-order chi connectivity index (χ1) is 10.1. The Morgan fingerprint density at radius 3 is 2.48 bits per heavy atom. The van der Waals surface area contributed by atoms with E-state index in [1.165, 1.54) is 12.8 Å². The zero-order valence-electron chi connectivity index (χ0n) is 12.8. The molecule has 1 aliphatic carbocycles. The van der Waals surface area contributed by atoms with Crippen LogP contribution in [0.3, 0.4) is 0 Å². The Morgan fingerprint density at radius 2 is 1.90 bits per heavy atom. The third-order valence-corrected chi connectivity index (χ3v) is 5.04. The predicted molar refractivity (Wildman–Crippen MR) is 85.0 cm³/mol. The molecule has 4 heteroatoms. The van der Waals surface area contributed by atoms with Gasteiger partial charge in [0.05, 0.1) is 5.41 Å². The Bertz CT molecular complexity index is 499. The molecule has 4 nitrogen and oxygen atoms in total. The van der Waals surface area contributed by atoms with Crippen LogP contribution in [0.1, 0.15) is 31.2 Å². The highest BCUT2D eigenvalue weighted by molar-refractivity contribution is 5.91. The summed E-state index contributed by atoms with van der Waals surface area (Å²) >= 11 is 0. The molecule has 1 saturated carbocycles. The number of likely N-dealkylation sites (tertiary alicyclic amines) is 1. The van der Waals surface area contributed by atoms with Crippen molar-refractivity contribution in [3.05, 3.63) is 29.8 Å². The Hall–Kier alpha value is -1.55. The minimum atomic E-state index is -0.279. The zero-order chi connectivity index (χ0) is 14.9. The highest BCUT2D eigenvalue weighted by Gasteiger charge is 2.51. The largest absolute Gasteiger partial charge is 0.399 e. The average molecular weight is 287 g/mol. The molecular weight excluding hydrogens is 262 g/mol. The van der Waals surface area contributed by atoms with Crippen molar-refractivity contribution in [3.8, 4) is 0 Å². The second-order valence-electron chi connectivity index (χ2n) is 6.66. The summed E-state index contributed by atoms with van der Waals surface area (Å²) < 4.78 is 0. The van der Waals surface area contributed by atoms with Gasteiger partial charge >= 0.3 is 0 Å². The second-order valence-corrected chi connectivity index (χ2v) is 6.66. The number of nitrogen functional groups attached to an aromatic ring is 1. The van der Waals surface area contributed by atoms with Crippen molar-refractivity contribution in [2.75, 3.05) is 32.4 Å². The first-order valence-electron chi connectivity index (χ1n) is 7.93. The van der Waals surface area contributed by atoms with E-state index >= 15 is 0 Å². The molecule has 114 valence electrons. The lowest BCUT2D eigenvalue weighted by molar-refractivity contribution is -0.123. The summed E-state index contributed by atoms with van der Waals surface area (Å²) in [6.07, 6.45) is 4.28. The quantitative estimate of drug-likeness (QED) is 0.830. The fourth-order valence-electron chi connectivity index (χ4n) is 3.25. The monoisotopic (exact) mass is 287 g/mol. The lowest BCUT2D eigenvalue weighted by Gasteiger charge is -2.29. The maximum atomic E-state index is 12.6. The van der Waals surface area contributed by atoms with Gasteiger partial charge in [0.15, 0.2) is 0 Å². The number of nitrogens with one attached hydrogen (secondary N) is 1. The van der Waals surface area contributed by atoms with E-state index in [2.05, 4.69) is 17.3 Å². The molecule has 1 amide bonds. The van der Waals surface area contributed by atoms with Crippen LogP contribution in [0.4, 0.5) is 5.69 Å². The number of benzene rings is 1. The Morgan fingerprint density at radius 1 is 1.29 bits per heavy atom. The van der Waals surface area contributed by atoms with Crippen molar-refractivity contribution < 1.29 is 4.79 Å². The van der Waals surface area contributed by atoms with Gasteiger partial charge in [-0.3, -0.25) is 4.79 Å². The van der Waals surface area contributed by atoms with Gasteiger partial charge in [0.2, 0.25) is 5.91 Å². The minimum Gasteiger partial charge on any atom is -0.399 e. The molecule has 1 aliphatic heterocycles. The third-order valence-electron chi connectivity index (χ3n) is 5.04. The van der Waals surface area contributed by atoms with E-state index in [1.54, 1.807) is 0 Å². The number of hydrogen-bond donors (Lipinski definition) is 2. The molecule has 0 aromatic heterocycles. The number of piperidine rings is 1. The molecule has 0 unspecified atom stereocenters. The number of nitrogens with two attached hydrogens (primary N) is 1. The molecule has 1 heterocycles. The molecular formula is C17H25N3O. The summed E-state index contributed by atoms with van der Waals surface area (Å²) in [6.45, 7) is 3.11. The third kappa shape index (κ3) is 3.05. The summed E-state index contributed by atoms with van der Waals surface area (Å²) in [5, 5.41) is 3.19. The van der Waals surface area contributed by atoms with Gasteiger partial charge in [0.1, 0.15) is 0 Å². The van der Waals surface area contributed by atoms with Gasteiger partial charge < -0.3 is 16.0 Å². The lowest BCUT2D eigenvalue weighted by atomic mass is 9.93. The Balaban J connectivity index is 1.56. The van der Waals surface area contributed by atoms with Gasteiger partial charge in [-0.1, -0.05) is 12.1 Å². The molecule has 1 aromatic rings. The first kappa shape index (κ1) is 14.4. The molecule has 1 saturated heterocycles. The van der Waals surface area contributed by atoms with Crippen molar-refractivity contribution in [3.63, 3.8) is 0 Å². The summed E-state index contributed by atoms with van der Waals surface area (Å²) in [7, 11) is 2.16. The van der Waals surface area contributed by atoms with Gasteiger partial charge in [-0.2, -0.15) is 0 Å². The summed E-state index contributed by atoms with van der Waals surface area (Å²) in [5.74, 6) is 0.832. The number of carbonyl (C=O) groups excluding carboxylic acids is 1. The number of amides is 1. The molecule has 0 atom stereocenters. The average Bonchev–Trinajstić information content (AvgIpc) is 3.29. The highest BCUT2D eigenvalue weighted by Crippen LogP contribution is 2.48. The summed E-state index contributed by atoms with van der Waals surface area (Å²) in [5.41, 5.74) is 7.31. The van der Waals surface area contributed by atoms with Crippen LogP contribution in [0.25, 0.3) is 0 Å². The van der Waals surface area contributed by atoms with Crippen molar-refractivity contribution >= 4 is 11.6 Å². The van der Waals surface area contributed by atoms with E-state index in [0.29, 0.717) is 5.92 Å². The molecule has 2 fully saturated rings. The van der Waals surface area contributed by atoms with Crippen LogP contribution in [0.2, 0.25) is 0 Å². The van der Waals surface area contributed by atoms with E-state index in [4.69, 9.17) is 5.73 Å². The van der Waals surface area contributed by atoms with Gasteiger partial charge in [0.25, 0.3) is 0 Å². The zero-order valence-corrected chi connectivity index (χ0v) is 12.8. The first-order valence-corrected chi connectivity index (χ1v) is 7.93. The molecule has 0 bridgehead atoms. The van der Waals surface area contributed by atoms with Crippen LogP contribution in [0.15, 0.2) is 24.3 Å². The minimum absolute atomic E-state index is 0.200. The molecule has 2 aliphatic rings. The molecule has 21 heavy (non-hydrogen) atoms. The van der Waals surface area contributed by atoms with Crippen LogP contribution in [0, 0.1) is 5.92 Å². The van der Waals surface area contributed by atoms with Crippen molar-refractivity contribution in [2.45, 2.75) is 31.1 Å². The summed E-state index contributed by atoms with van der Waals surface area (Å²) in [6, 6.07) is 7.77. The van der Waals surface area contributed by atoms with Crippen LogP contribution >= 0.6 is 0 Å². The number of nitrogens with zero attached hydrogens (tertiary/aromatic N) is 1. The van der Waals surface area contributed by atoms with Gasteiger partial charge in [-0.05, 0) is 69.4 Å². The van der Waals surface area contributed by atoms with E-state index < -0.39 is 0 Å². The molecule has 3 rings (SSSR count). The van der Waals surface area contributed by atoms with Crippen LogP contribution < -0.4 is 11.1 Å². The summed E-state index contributed by atoms with van der Waals surface area (Å²) in [4.78, 5) is 14.9. The standard InChI is InChI=1S/C17H25N3O/c1-20-10-6-13(7-11-20)12-19-16(21)17(8-9-17)14-2-4-15(18)5-3-14/h2-5,13H,6-12,18H2,1H3,(H,19,21). The second kappa shape index (κ2) is 5.68. The fraction of sp³-hybridized carbons (Fsp3) is 0.588. The molecule has 3 N–H and O–H groups in total. The topological polar surface area (TPSA) is 58.4 Å². The van der Waals surface area contributed by atoms with Crippen LogP contribution in [0.5, 0.6) is 0 Å². The van der Waals surface area contributed by atoms with Crippen LogP contribution in [-0.4, -0.2) is 37.5 Å². The number of carbonyl (C=O) groups is 1. The molecule has 0 radical (unpaired) electrons. The SMILES string of the molecule is CN1CCC(CNC(=O)C2(c3ccc(N)cc3)CC2)CC1. The van der Waals surface area contributed by atoms with E-state index in [1.807, 2.05) is 24.3 Å². The molecule has 1 aromatic carbocycles. The Kier molecular flexibility index (Phi) is 3.89. The van der Waals surface area contributed by atoms with Gasteiger partial charge in [0, 0.05) is 12.2 Å². The normalized spacial score (nSPS) is 22.0. The smallest absolute Gasteiger partial charge is 0.230 e. The van der Waals surface area contributed by atoms with Crippen LogP contribution in [-0.2, 0) is 10.2 Å². The highest BCUT2D eigenvalue weighted by atomic mass is 16.2. The van der Waals surface area contributed by atoms with Gasteiger partial charge in [-0.25, -0.2) is 0 Å². The maximum absolute atomic E-state index is 12.6. The fourth-order valence-corrected chi connectivity index (χ4v) is 3.25. The lowest BCUT2D eigenvalue weighted by Crippen LogP contribution is -2.40. The number of hydrogen-bond acceptors (Lipinski definition) is 3. The Labute approximate surface area is 126 Å². The van der Waals surface area contributed by atoms with Crippen molar-refractivity contribution in [1.29, 1.82) is 0 Å². The maximum Gasteiger partial charge on any atom is 0.230 e. The predicted octanol–water partition coefficient (Wildman–Crippen LogP) is 1.76.